The summed E-state index contributed by atoms with van der Waals surface area (Å²) >= 11 is 5.04. The van der Waals surface area contributed by atoms with Crippen molar-refractivity contribution in [1.29, 1.82) is 0 Å². The largest absolute Gasteiger partial charge is 0.362 e. The highest BCUT2D eigenvalue weighted by Crippen LogP contribution is 2.13. The van der Waals surface area contributed by atoms with Crippen molar-refractivity contribution in [2.45, 2.75) is 18.2 Å². The molecule has 0 radical (unpaired) electrons. The SMILES string of the molecule is CCCNC(=S)Nc1cccc(S(N)(=O)=O)c1. The van der Waals surface area contributed by atoms with Crippen LogP contribution in [0.5, 0.6) is 0 Å². The van der Waals surface area contributed by atoms with E-state index in [1.54, 1.807) is 12.1 Å². The Labute approximate surface area is 106 Å². The van der Waals surface area contributed by atoms with Crippen LogP contribution in [0.3, 0.4) is 0 Å². The van der Waals surface area contributed by atoms with Crippen molar-refractivity contribution >= 4 is 33.0 Å². The maximum Gasteiger partial charge on any atom is 0.238 e. The van der Waals surface area contributed by atoms with Gasteiger partial charge in [0.1, 0.15) is 0 Å². The van der Waals surface area contributed by atoms with E-state index >= 15 is 0 Å². The molecule has 0 aromatic heterocycles. The van der Waals surface area contributed by atoms with E-state index in [4.69, 9.17) is 17.4 Å². The minimum absolute atomic E-state index is 0.0563. The second kappa shape index (κ2) is 5.95. The zero-order valence-electron chi connectivity index (χ0n) is 9.43. The molecule has 1 aromatic carbocycles. The summed E-state index contributed by atoms with van der Waals surface area (Å²) in [5.41, 5.74) is 0.588. The van der Waals surface area contributed by atoms with Gasteiger partial charge in [-0.3, -0.25) is 0 Å². The molecule has 0 fully saturated rings. The standard InChI is InChI=1S/C10H15N3O2S2/c1-2-6-12-10(16)13-8-4-3-5-9(7-8)17(11,14)15/h3-5,7H,2,6H2,1H3,(H2,11,14,15)(H2,12,13,16). The van der Waals surface area contributed by atoms with Crippen LogP contribution < -0.4 is 15.8 Å². The lowest BCUT2D eigenvalue weighted by Gasteiger charge is -2.10. The Morgan fingerprint density at radius 3 is 2.76 bits per heavy atom. The molecule has 0 spiro atoms. The first kappa shape index (κ1) is 13.9. The Morgan fingerprint density at radius 1 is 1.47 bits per heavy atom. The third-order valence-electron chi connectivity index (χ3n) is 1.96. The van der Waals surface area contributed by atoms with Crippen LogP contribution in [-0.2, 0) is 10.0 Å². The van der Waals surface area contributed by atoms with Crippen LogP contribution in [0.2, 0.25) is 0 Å². The lowest BCUT2D eigenvalue weighted by molar-refractivity contribution is 0.598. The first-order valence-corrected chi connectivity index (χ1v) is 7.06. The van der Waals surface area contributed by atoms with Crippen LogP contribution in [0.4, 0.5) is 5.69 Å². The molecular formula is C10H15N3O2S2. The first-order valence-electron chi connectivity index (χ1n) is 5.11. The molecule has 0 saturated heterocycles. The average Bonchev–Trinajstić information content (AvgIpc) is 2.25. The molecule has 0 heterocycles. The molecule has 0 bridgehead atoms. The van der Waals surface area contributed by atoms with Gasteiger partial charge in [-0.05, 0) is 36.8 Å². The molecule has 0 unspecified atom stereocenters. The molecular weight excluding hydrogens is 258 g/mol. The van der Waals surface area contributed by atoms with E-state index in [-0.39, 0.29) is 4.90 Å². The summed E-state index contributed by atoms with van der Waals surface area (Å²) in [7, 11) is -3.68. The second-order valence-corrected chi connectivity index (χ2v) is 5.42. The van der Waals surface area contributed by atoms with Gasteiger partial charge in [0.25, 0.3) is 0 Å². The molecule has 17 heavy (non-hydrogen) atoms. The highest BCUT2D eigenvalue weighted by molar-refractivity contribution is 7.89. The Balaban J connectivity index is 2.76. The van der Waals surface area contributed by atoms with Crippen LogP contribution >= 0.6 is 12.2 Å². The summed E-state index contributed by atoms with van der Waals surface area (Å²) in [5, 5.41) is 11.4. The Hall–Kier alpha value is -1.18. The van der Waals surface area contributed by atoms with Crippen molar-refractivity contribution in [3.8, 4) is 0 Å². The van der Waals surface area contributed by atoms with Crippen LogP contribution in [0.15, 0.2) is 29.2 Å². The Morgan fingerprint density at radius 2 is 2.18 bits per heavy atom. The molecule has 1 aromatic rings. The third-order valence-corrected chi connectivity index (χ3v) is 3.11. The van der Waals surface area contributed by atoms with Gasteiger partial charge in [0.15, 0.2) is 5.11 Å². The number of nitrogens with one attached hydrogen (secondary N) is 2. The molecule has 0 saturated carbocycles. The van der Waals surface area contributed by atoms with E-state index in [9.17, 15) is 8.42 Å². The van der Waals surface area contributed by atoms with Gasteiger partial charge in [0.05, 0.1) is 4.90 Å². The topological polar surface area (TPSA) is 84.2 Å². The highest BCUT2D eigenvalue weighted by Gasteiger charge is 2.08. The lowest BCUT2D eigenvalue weighted by Crippen LogP contribution is -2.29. The normalized spacial score (nSPS) is 10.9. The summed E-state index contributed by atoms with van der Waals surface area (Å²) in [4.78, 5) is 0.0563. The minimum atomic E-state index is -3.68. The fourth-order valence-corrected chi connectivity index (χ4v) is 1.94. The van der Waals surface area contributed by atoms with E-state index in [0.29, 0.717) is 10.8 Å². The van der Waals surface area contributed by atoms with E-state index in [1.165, 1.54) is 12.1 Å². The maximum absolute atomic E-state index is 11.1. The summed E-state index contributed by atoms with van der Waals surface area (Å²) in [6.07, 6.45) is 0.957. The molecule has 5 nitrogen and oxygen atoms in total. The quantitative estimate of drug-likeness (QED) is 0.714. The number of anilines is 1. The highest BCUT2D eigenvalue weighted by atomic mass is 32.2. The summed E-state index contributed by atoms with van der Waals surface area (Å²) in [6.45, 7) is 2.79. The van der Waals surface area contributed by atoms with E-state index < -0.39 is 10.0 Å². The van der Waals surface area contributed by atoms with Gasteiger partial charge in [-0.15, -0.1) is 0 Å². The smallest absolute Gasteiger partial charge is 0.238 e. The van der Waals surface area contributed by atoms with E-state index in [0.717, 1.165) is 13.0 Å². The van der Waals surface area contributed by atoms with E-state index in [2.05, 4.69) is 10.6 Å². The number of hydrogen-bond acceptors (Lipinski definition) is 3. The van der Waals surface area contributed by atoms with E-state index in [1.807, 2.05) is 6.92 Å². The van der Waals surface area contributed by atoms with Crippen LogP contribution in [0.1, 0.15) is 13.3 Å². The van der Waals surface area contributed by atoms with Crippen molar-refractivity contribution < 1.29 is 8.42 Å². The van der Waals surface area contributed by atoms with Crippen LogP contribution in [-0.4, -0.2) is 20.1 Å². The first-order chi connectivity index (χ1) is 7.93. The van der Waals surface area contributed by atoms with Gasteiger partial charge < -0.3 is 10.6 Å². The van der Waals surface area contributed by atoms with Crippen LogP contribution in [0.25, 0.3) is 0 Å². The number of benzene rings is 1. The van der Waals surface area contributed by atoms with Gasteiger partial charge in [-0.25, -0.2) is 13.6 Å². The van der Waals surface area contributed by atoms with Gasteiger partial charge in [-0.2, -0.15) is 0 Å². The van der Waals surface area contributed by atoms with Gasteiger partial charge in [0, 0.05) is 12.2 Å². The molecule has 1 rings (SSSR count). The molecule has 0 atom stereocenters. The predicted octanol–water partition coefficient (Wildman–Crippen LogP) is 1.03. The number of nitrogens with two attached hydrogens (primary N) is 1. The second-order valence-electron chi connectivity index (χ2n) is 3.45. The lowest BCUT2D eigenvalue weighted by atomic mass is 10.3. The number of hydrogen-bond donors (Lipinski definition) is 3. The van der Waals surface area contributed by atoms with Crippen molar-refractivity contribution in [1.82, 2.24) is 5.32 Å². The number of thiocarbonyl (C=S) groups is 1. The molecule has 0 aliphatic heterocycles. The minimum Gasteiger partial charge on any atom is -0.362 e. The molecule has 0 aliphatic rings. The zero-order chi connectivity index (χ0) is 12.9. The van der Waals surface area contributed by atoms with Crippen molar-refractivity contribution in [2.24, 2.45) is 5.14 Å². The number of sulfonamides is 1. The average molecular weight is 273 g/mol. The number of primary sulfonamides is 1. The molecule has 94 valence electrons. The fraction of sp³-hybridized carbons (Fsp3) is 0.300. The zero-order valence-corrected chi connectivity index (χ0v) is 11.1. The Kier molecular flexibility index (Phi) is 4.86. The molecule has 0 aliphatic carbocycles. The summed E-state index contributed by atoms with van der Waals surface area (Å²) in [5.74, 6) is 0. The predicted molar refractivity (Wildman–Crippen MR) is 72.3 cm³/mol. The van der Waals surface area contributed by atoms with Crippen LogP contribution in [0, 0.1) is 0 Å². The monoisotopic (exact) mass is 273 g/mol. The van der Waals surface area contributed by atoms with Crippen molar-refractivity contribution in [3.63, 3.8) is 0 Å². The fourth-order valence-electron chi connectivity index (χ4n) is 1.16. The summed E-state index contributed by atoms with van der Waals surface area (Å²) in [6, 6.07) is 6.19. The number of rotatable bonds is 4. The molecule has 4 N–H and O–H groups in total. The molecule has 0 amide bonds. The Bertz CT molecular complexity index is 500. The maximum atomic E-state index is 11.1. The van der Waals surface area contributed by atoms with Gasteiger partial charge in [-0.1, -0.05) is 13.0 Å². The molecule has 7 heteroatoms. The van der Waals surface area contributed by atoms with Crippen molar-refractivity contribution in [3.05, 3.63) is 24.3 Å². The van der Waals surface area contributed by atoms with Gasteiger partial charge >= 0.3 is 0 Å². The van der Waals surface area contributed by atoms with Gasteiger partial charge in [0.2, 0.25) is 10.0 Å². The third kappa shape index (κ3) is 4.68. The van der Waals surface area contributed by atoms with Crippen molar-refractivity contribution in [2.75, 3.05) is 11.9 Å². The summed E-state index contributed by atoms with van der Waals surface area (Å²) < 4.78 is 22.3.